The molecule has 1 aliphatic carbocycles. The smallest absolute Gasteiger partial charge is 0.0866 e. The van der Waals surface area contributed by atoms with Gasteiger partial charge in [-0.25, -0.2) is 0 Å². The summed E-state index contributed by atoms with van der Waals surface area (Å²) in [6, 6.07) is 0. The Labute approximate surface area is 234 Å². The first-order chi connectivity index (χ1) is 17.1. The minimum Gasteiger partial charge on any atom is -0.375 e. The molecule has 2 unspecified atom stereocenters. The Bertz CT molecular complexity index is 738. The molecule has 0 bridgehead atoms. The molecule has 6 nitrogen and oxygen atoms in total. The Hall–Kier alpha value is -0.240. The van der Waals surface area contributed by atoms with Crippen LogP contribution in [0.5, 0.6) is 0 Å². The van der Waals surface area contributed by atoms with Gasteiger partial charge in [-0.3, -0.25) is 0 Å². The first-order valence-corrected chi connectivity index (χ1v) is 15.5. The average Bonchev–Trinajstić information content (AvgIpc) is 2.93. The van der Waals surface area contributed by atoms with E-state index in [1.807, 2.05) is 0 Å². The lowest BCUT2D eigenvalue weighted by Gasteiger charge is -2.48. The molecule has 4 aliphatic rings. The summed E-state index contributed by atoms with van der Waals surface area (Å²) in [6.07, 6.45) is 9.10. The first-order valence-electron chi connectivity index (χ1n) is 15.5. The van der Waals surface area contributed by atoms with Crippen LogP contribution in [0.4, 0.5) is 0 Å². The Morgan fingerprint density at radius 2 is 0.605 bits per heavy atom. The maximum Gasteiger partial charge on any atom is 0.0866 e. The van der Waals surface area contributed by atoms with E-state index in [0.29, 0.717) is 0 Å². The second-order valence-corrected chi connectivity index (χ2v) is 17.3. The standard InChI is InChI=1S/C32H61N3O3/c1-27(2)15-22(16-28(3,4)33-27)36-21-13-25(37-23-17-29(5,6)34-30(7,8)18-23)26(14-21)38-24-19-31(9,10)35-32(11,12)20-24/h21-26,33-35H,13-20H2,1-12H3. The number of ether oxygens (including phenoxy) is 3. The zero-order valence-corrected chi connectivity index (χ0v) is 26.8. The predicted molar refractivity (Wildman–Crippen MR) is 157 cm³/mol. The Kier molecular flexibility index (Phi) is 8.27. The van der Waals surface area contributed by atoms with E-state index in [2.05, 4.69) is 99.0 Å². The molecular weight excluding hydrogens is 474 g/mol. The topological polar surface area (TPSA) is 63.8 Å². The molecule has 1 saturated carbocycles. The zero-order chi connectivity index (χ0) is 28.4. The van der Waals surface area contributed by atoms with Crippen LogP contribution in [0.3, 0.4) is 0 Å². The molecule has 0 amide bonds. The van der Waals surface area contributed by atoms with Gasteiger partial charge in [0, 0.05) is 46.1 Å². The second-order valence-electron chi connectivity index (χ2n) is 17.3. The van der Waals surface area contributed by atoms with Gasteiger partial charge in [0.2, 0.25) is 0 Å². The van der Waals surface area contributed by atoms with Crippen molar-refractivity contribution in [2.45, 2.75) is 204 Å². The minimum atomic E-state index is 0.0621. The van der Waals surface area contributed by atoms with Gasteiger partial charge < -0.3 is 30.2 Å². The maximum atomic E-state index is 7.01. The predicted octanol–water partition coefficient (Wildman–Crippen LogP) is 5.86. The van der Waals surface area contributed by atoms with E-state index in [-0.39, 0.29) is 69.9 Å². The van der Waals surface area contributed by atoms with Crippen LogP contribution in [-0.2, 0) is 14.2 Å². The fourth-order valence-corrected chi connectivity index (χ4v) is 9.06. The molecule has 4 rings (SSSR count). The van der Waals surface area contributed by atoms with E-state index < -0.39 is 0 Å². The van der Waals surface area contributed by atoms with Crippen molar-refractivity contribution < 1.29 is 14.2 Å². The van der Waals surface area contributed by atoms with Crippen molar-refractivity contribution in [2.24, 2.45) is 0 Å². The summed E-state index contributed by atoms with van der Waals surface area (Å²) in [5.74, 6) is 0. The van der Waals surface area contributed by atoms with Crippen molar-refractivity contribution in [3.05, 3.63) is 0 Å². The van der Waals surface area contributed by atoms with Crippen LogP contribution < -0.4 is 16.0 Å². The molecule has 2 atom stereocenters. The number of hydrogen-bond acceptors (Lipinski definition) is 6. The van der Waals surface area contributed by atoms with Gasteiger partial charge >= 0.3 is 0 Å². The summed E-state index contributed by atoms with van der Waals surface area (Å²) < 4.78 is 20.9. The number of hydrogen-bond donors (Lipinski definition) is 3. The maximum absolute atomic E-state index is 7.01. The third kappa shape index (κ3) is 8.39. The molecule has 38 heavy (non-hydrogen) atoms. The molecule has 0 aromatic carbocycles. The van der Waals surface area contributed by atoms with Gasteiger partial charge in [-0.15, -0.1) is 0 Å². The van der Waals surface area contributed by atoms with Gasteiger partial charge in [-0.05, 0) is 122 Å². The third-order valence-electron chi connectivity index (χ3n) is 8.98. The number of piperidine rings is 3. The van der Waals surface area contributed by atoms with Crippen molar-refractivity contribution in [3.63, 3.8) is 0 Å². The van der Waals surface area contributed by atoms with Crippen molar-refractivity contribution in [3.8, 4) is 0 Å². The highest BCUT2D eigenvalue weighted by Crippen LogP contribution is 2.40. The monoisotopic (exact) mass is 535 g/mol. The third-order valence-corrected chi connectivity index (χ3v) is 8.98. The zero-order valence-electron chi connectivity index (χ0n) is 26.8. The van der Waals surface area contributed by atoms with E-state index in [4.69, 9.17) is 14.2 Å². The van der Waals surface area contributed by atoms with Gasteiger partial charge in [0.1, 0.15) is 0 Å². The molecule has 3 saturated heterocycles. The normalized spacial score (nSPS) is 36.8. The van der Waals surface area contributed by atoms with Gasteiger partial charge in [-0.1, -0.05) is 0 Å². The number of nitrogens with one attached hydrogen (secondary N) is 3. The number of rotatable bonds is 6. The molecule has 0 radical (unpaired) electrons. The minimum absolute atomic E-state index is 0.0621. The molecule has 6 heteroatoms. The van der Waals surface area contributed by atoms with E-state index in [0.717, 1.165) is 51.4 Å². The summed E-state index contributed by atoms with van der Waals surface area (Å²) in [5, 5.41) is 11.4. The van der Waals surface area contributed by atoms with Gasteiger partial charge in [-0.2, -0.15) is 0 Å². The lowest BCUT2D eigenvalue weighted by atomic mass is 9.80. The highest BCUT2D eigenvalue weighted by Gasteiger charge is 2.47. The Morgan fingerprint density at radius 3 is 0.868 bits per heavy atom. The highest BCUT2D eigenvalue weighted by atomic mass is 16.6. The summed E-state index contributed by atoms with van der Waals surface area (Å²) in [4.78, 5) is 0. The molecule has 3 heterocycles. The quantitative estimate of drug-likeness (QED) is 0.396. The summed E-state index contributed by atoms with van der Waals surface area (Å²) in [6.45, 7) is 27.6. The van der Waals surface area contributed by atoms with E-state index in [1.54, 1.807) is 0 Å². The van der Waals surface area contributed by atoms with E-state index in [9.17, 15) is 0 Å². The van der Waals surface area contributed by atoms with Gasteiger partial charge in [0.05, 0.1) is 36.6 Å². The average molecular weight is 536 g/mol. The molecule has 0 aromatic rings. The Morgan fingerprint density at radius 1 is 0.368 bits per heavy atom. The van der Waals surface area contributed by atoms with Crippen molar-refractivity contribution in [1.29, 1.82) is 0 Å². The van der Waals surface area contributed by atoms with Crippen molar-refractivity contribution >= 4 is 0 Å². The van der Waals surface area contributed by atoms with Crippen molar-refractivity contribution in [1.82, 2.24) is 16.0 Å². The van der Waals surface area contributed by atoms with E-state index in [1.165, 1.54) is 0 Å². The van der Waals surface area contributed by atoms with Crippen LogP contribution in [0.15, 0.2) is 0 Å². The van der Waals surface area contributed by atoms with Crippen LogP contribution in [0.2, 0.25) is 0 Å². The fraction of sp³-hybridized carbons (Fsp3) is 1.00. The molecule has 4 fully saturated rings. The Balaban J connectivity index is 1.48. The second kappa shape index (κ2) is 10.2. The van der Waals surface area contributed by atoms with Crippen LogP contribution >= 0.6 is 0 Å². The van der Waals surface area contributed by atoms with E-state index >= 15 is 0 Å². The summed E-state index contributed by atoms with van der Waals surface area (Å²) in [7, 11) is 0. The molecule has 222 valence electrons. The lowest BCUT2D eigenvalue weighted by molar-refractivity contribution is -0.141. The van der Waals surface area contributed by atoms with Crippen molar-refractivity contribution in [2.75, 3.05) is 0 Å². The SMILES string of the molecule is CC1(C)CC(OC2CC(OC3CC(C)(C)NC(C)(C)C3)C(OC3CC(C)(C)NC(C)(C)C3)C2)CC(C)(C)N1. The first kappa shape index (κ1) is 30.7. The molecule has 0 spiro atoms. The largest absolute Gasteiger partial charge is 0.375 e. The molecule has 3 N–H and O–H groups in total. The lowest BCUT2D eigenvalue weighted by Crippen LogP contribution is -2.60. The van der Waals surface area contributed by atoms with Gasteiger partial charge in [0.15, 0.2) is 0 Å². The van der Waals surface area contributed by atoms with Gasteiger partial charge in [0.25, 0.3) is 0 Å². The highest BCUT2D eigenvalue weighted by molar-refractivity contribution is 5.02. The summed E-state index contributed by atoms with van der Waals surface area (Å²) >= 11 is 0. The summed E-state index contributed by atoms with van der Waals surface area (Å²) in [5.41, 5.74) is 0.406. The molecular formula is C32H61N3O3. The molecule has 3 aliphatic heterocycles. The van der Waals surface area contributed by atoms with Crippen LogP contribution in [-0.4, -0.2) is 69.9 Å². The fourth-order valence-electron chi connectivity index (χ4n) is 9.06. The van der Waals surface area contributed by atoms with Crippen LogP contribution in [0.1, 0.15) is 134 Å². The van der Waals surface area contributed by atoms with Crippen LogP contribution in [0, 0.1) is 0 Å². The van der Waals surface area contributed by atoms with Crippen LogP contribution in [0.25, 0.3) is 0 Å². The molecule has 0 aromatic heterocycles.